The van der Waals surface area contributed by atoms with Crippen LogP contribution in [0.15, 0.2) is 0 Å². The van der Waals surface area contributed by atoms with Crippen molar-refractivity contribution in [1.82, 2.24) is 5.32 Å². The van der Waals surface area contributed by atoms with Gasteiger partial charge in [-0.2, -0.15) is 0 Å². The van der Waals surface area contributed by atoms with E-state index in [1.165, 1.54) is 11.8 Å². The highest BCUT2D eigenvalue weighted by Crippen LogP contribution is 2.39. The molecule has 1 aliphatic rings. The zero-order chi connectivity index (χ0) is 10.8. The molecule has 0 radical (unpaired) electrons. The zero-order valence-electron chi connectivity index (χ0n) is 8.92. The van der Waals surface area contributed by atoms with Crippen molar-refractivity contribution < 1.29 is 9.59 Å². The van der Waals surface area contributed by atoms with Gasteiger partial charge in [-0.25, -0.2) is 0 Å². The summed E-state index contributed by atoms with van der Waals surface area (Å²) in [4.78, 5) is 23.1. The van der Waals surface area contributed by atoms with Gasteiger partial charge in [-0.3, -0.25) is 14.9 Å². The first-order valence-corrected chi connectivity index (χ1v) is 6.00. The average Bonchev–Trinajstić information content (AvgIpc) is 2.19. The van der Waals surface area contributed by atoms with Crippen LogP contribution in [0.5, 0.6) is 0 Å². The number of imide groups is 1. The predicted octanol–water partition coefficient (Wildman–Crippen LogP) is 1.71. The number of hydrogen-bond acceptors (Lipinski definition) is 3. The lowest BCUT2D eigenvalue weighted by Gasteiger charge is -2.36. The summed E-state index contributed by atoms with van der Waals surface area (Å²) in [5.41, 5.74) is 0. The normalized spacial score (nSPS) is 26.1. The largest absolute Gasteiger partial charge is 0.294 e. The van der Waals surface area contributed by atoms with E-state index in [0.29, 0.717) is 0 Å². The Morgan fingerprint density at radius 3 is 2.29 bits per heavy atom. The number of thioether (sulfide) groups is 1. The summed E-state index contributed by atoms with van der Waals surface area (Å²) in [5, 5.41) is 2.41. The lowest BCUT2D eigenvalue weighted by atomic mass is 10.0. The Labute approximate surface area is 89.0 Å². The van der Waals surface area contributed by atoms with E-state index in [4.69, 9.17) is 0 Å². The Balaban J connectivity index is 2.87. The van der Waals surface area contributed by atoms with Crippen LogP contribution in [0, 0.1) is 0 Å². The van der Waals surface area contributed by atoms with Crippen LogP contribution >= 0.6 is 11.8 Å². The van der Waals surface area contributed by atoms with E-state index in [-0.39, 0.29) is 21.8 Å². The maximum absolute atomic E-state index is 11.7. The maximum atomic E-state index is 11.7. The number of hydrogen-bond donors (Lipinski definition) is 1. The molecule has 2 amide bonds. The predicted molar refractivity (Wildman–Crippen MR) is 58.1 cm³/mol. The molecule has 1 rings (SSSR count). The molecule has 4 heteroatoms. The van der Waals surface area contributed by atoms with Crippen LogP contribution in [0.25, 0.3) is 0 Å². The summed E-state index contributed by atoms with van der Waals surface area (Å²) in [6, 6.07) is 0. The molecule has 0 aromatic rings. The second kappa shape index (κ2) is 4.34. The lowest BCUT2D eigenvalue weighted by molar-refractivity contribution is -0.132. The topological polar surface area (TPSA) is 46.2 Å². The minimum absolute atomic E-state index is 0.0624. The Morgan fingerprint density at radius 1 is 1.29 bits per heavy atom. The first kappa shape index (κ1) is 11.6. The third kappa shape index (κ3) is 1.80. The van der Waals surface area contributed by atoms with Crippen LogP contribution in [-0.4, -0.2) is 21.8 Å². The van der Waals surface area contributed by atoms with Crippen molar-refractivity contribution >= 4 is 23.6 Å². The van der Waals surface area contributed by atoms with Gasteiger partial charge < -0.3 is 0 Å². The van der Waals surface area contributed by atoms with Gasteiger partial charge in [0.15, 0.2) is 0 Å². The van der Waals surface area contributed by atoms with Crippen LogP contribution in [0.1, 0.15) is 40.0 Å². The van der Waals surface area contributed by atoms with Crippen molar-refractivity contribution in [1.29, 1.82) is 0 Å². The summed E-state index contributed by atoms with van der Waals surface area (Å²) < 4.78 is -0.380. The highest BCUT2D eigenvalue weighted by Gasteiger charge is 2.44. The van der Waals surface area contributed by atoms with Gasteiger partial charge >= 0.3 is 0 Å². The van der Waals surface area contributed by atoms with Gasteiger partial charge in [-0.1, -0.05) is 20.8 Å². The molecule has 0 saturated carbocycles. The molecule has 1 heterocycles. The van der Waals surface area contributed by atoms with Gasteiger partial charge in [0.1, 0.15) is 0 Å². The lowest BCUT2D eigenvalue weighted by Crippen LogP contribution is -2.55. The van der Waals surface area contributed by atoms with E-state index in [9.17, 15) is 9.59 Å². The molecular weight excluding hydrogens is 198 g/mol. The van der Waals surface area contributed by atoms with Crippen molar-refractivity contribution in [3.8, 4) is 0 Å². The Bertz CT molecular complexity index is 249. The molecule has 1 aliphatic heterocycles. The summed E-state index contributed by atoms with van der Waals surface area (Å²) in [6.07, 6.45) is 2.35. The van der Waals surface area contributed by atoms with E-state index in [1.54, 1.807) is 0 Å². The molecule has 1 fully saturated rings. The van der Waals surface area contributed by atoms with Gasteiger partial charge in [-0.15, -0.1) is 11.8 Å². The molecular formula is C10H17NO2S. The highest BCUT2D eigenvalue weighted by molar-refractivity contribution is 8.02. The Hall–Kier alpha value is -0.510. The van der Waals surface area contributed by atoms with Gasteiger partial charge in [0, 0.05) is 0 Å². The fraction of sp³-hybridized carbons (Fsp3) is 0.800. The molecule has 1 atom stereocenters. The zero-order valence-corrected chi connectivity index (χ0v) is 9.74. The number of nitrogens with one attached hydrogen (secondary N) is 1. The molecule has 0 aromatic heterocycles. The van der Waals surface area contributed by atoms with E-state index >= 15 is 0 Å². The first-order valence-electron chi connectivity index (χ1n) is 5.12. The van der Waals surface area contributed by atoms with Gasteiger partial charge in [0.05, 0.1) is 10.00 Å². The molecule has 1 saturated heterocycles. The standard InChI is InChI=1S/C10H17NO2S/c1-4-7-8(12)11-9(13)10(5-2,6-3)14-7/h7H,4-6H2,1-3H3,(H,11,12,13)/t7-/m0/s1. The number of rotatable bonds is 3. The monoisotopic (exact) mass is 215 g/mol. The average molecular weight is 215 g/mol. The van der Waals surface area contributed by atoms with Crippen LogP contribution < -0.4 is 5.32 Å². The van der Waals surface area contributed by atoms with Gasteiger partial charge in [-0.05, 0) is 19.3 Å². The van der Waals surface area contributed by atoms with Crippen molar-refractivity contribution in [2.45, 2.75) is 50.0 Å². The van der Waals surface area contributed by atoms with Crippen molar-refractivity contribution in [3.63, 3.8) is 0 Å². The van der Waals surface area contributed by atoms with Crippen LogP contribution in [0.2, 0.25) is 0 Å². The van der Waals surface area contributed by atoms with Gasteiger partial charge in [0.2, 0.25) is 11.8 Å². The summed E-state index contributed by atoms with van der Waals surface area (Å²) in [7, 11) is 0. The Morgan fingerprint density at radius 2 is 1.86 bits per heavy atom. The second-order valence-electron chi connectivity index (χ2n) is 3.53. The number of amides is 2. The molecule has 0 aliphatic carbocycles. The SMILES string of the molecule is CC[C@@H]1SC(CC)(CC)C(=O)NC1=O. The van der Waals surface area contributed by atoms with Crippen molar-refractivity contribution in [3.05, 3.63) is 0 Å². The number of carbonyl (C=O) groups is 2. The van der Waals surface area contributed by atoms with Crippen LogP contribution in [0.3, 0.4) is 0 Å². The molecule has 0 bridgehead atoms. The molecule has 80 valence electrons. The summed E-state index contributed by atoms with van der Waals surface area (Å²) >= 11 is 1.53. The Kier molecular flexibility index (Phi) is 3.59. The molecule has 0 unspecified atom stereocenters. The third-order valence-electron chi connectivity index (χ3n) is 2.82. The van der Waals surface area contributed by atoms with E-state index in [0.717, 1.165) is 19.3 Å². The fourth-order valence-corrected chi connectivity index (χ4v) is 3.06. The summed E-state index contributed by atoms with van der Waals surface area (Å²) in [5.74, 6) is -0.234. The highest BCUT2D eigenvalue weighted by atomic mass is 32.2. The van der Waals surface area contributed by atoms with E-state index in [2.05, 4.69) is 5.32 Å². The molecule has 14 heavy (non-hydrogen) atoms. The fourth-order valence-electron chi connectivity index (χ4n) is 1.69. The van der Waals surface area contributed by atoms with Gasteiger partial charge in [0.25, 0.3) is 0 Å². The minimum Gasteiger partial charge on any atom is -0.294 e. The minimum atomic E-state index is -0.380. The molecule has 1 N–H and O–H groups in total. The van der Waals surface area contributed by atoms with Crippen molar-refractivity contribution in [2.75, 3.05) is 0 Å². The third-order valence-corrected chi connectivity index (χ3v) is 4.87. The first-order chi connectivity index (χ1) is 6.59. The maximum Gasteiger partial charge on any atom is 0.242 e. The smallest absolute Gasteiger partial charge is 0.242 e. The molecule has 0 spiro atoms. The van der Waals surface area contributed by atoms with Crippen LogP contribution in [-0.2, 0) is 9.59 Å². The number of carbonyl (C=O) groups excluding carboxylic acids is 2. The van der Waals surface area contributed by atoms with E-state index < -0.39 is 0 Å². The van der Waals surface area contributed by atoms with E-state index in [1.807, 2.05) is 20.8 Å². The molecule has 3 nitrogen and oxygen atoms in total. The second-order valence-corrected chi connectivity index (χ2v) is 5.12. The van der Waals surface area contributed by atoms with Crippen molar-refractivity contribution in [2.24, 2.45) is 0 Å². The quantitative estimate of drug-likeness (QED) is 0.729. The van der Waals surface area contributed by atoms with Crippen LogP contribution in [0.4, 0.5) is 0 Å². The molecule has 0 aromatic carbocycles. The summed E-state index contributed by atoms with van der Waals surface area (Å²) in [6.45, 7) is 5.97.